The number of fused-ring (bicyclic) bond motifs is 1. The largest absolute Gasteiger partial charge is 0.476 e. The number of benzene rings is 1. The van der Waals surface area contributed by atoms with Crippen LogP contribution in [0.25, 0.3) is 11.2 Å². The fourth-order valence-electron chi connectivity index (χ4n) is 4.21. The van der Waals surface area contributed by atoms with Crippen LogP contribution in [-0.2, 0) is 23.4 Å². The van der Waals surface area contributed by atoms with Crippen molar-refractivity contribution in [2.75, 3.05) is 18.9 Å². The van der Waals surface area contributed by atoms with Crippen molar-refractivity contribution in [3.05, 3.63) is 36.7 Å². The predicted octanol–water partition coefficient (Wildman–Crippen LogP) is 3.86. The number of hydrogen-bond acceptors (Lipinski definition) is 11. The molecule has 1 fully saturated rings. The number of carbonyl (C=O) groups excluding carboxylic acids is 1. The highest BCUT2D eigenvalue weighted by atomic mass is 31.2. The molecule has 3 heterocycles. The predicted molar refractivity (Wildman–Crippen MR) is 143 cm³/mol. The summed E-state index contributed by atoms with van der Waals surface area (Å²) in [6.07, 6.45) is 1.01. The van der Waals surface area contributed by atoms with E-state index in [9.17, 15) is 9.36 Å². The molecule has 1 aromatic carbocycles. The van der Waals surface area contributed by atoms with Crippen molar-refractivity contribution in [2.45, 2.75) is 65.5 Å². The van der Waals surface area contributed by atoms with Gasteiger partial charge in [-0.2, -0.15) is 15.1 Å². The number of rotatable bonds is 12. The number of nitrogens with one attached hydrogen (secondary N) is 1. The second kappa shape index (κ2) is 12.3. The molecule has 1 aliphatic rings. The molecule has 0 bridgehead atoms. The van der Waals surface area contributed by atoms with Crippen LogP contribution in [0.15, 0.2) is 36.7 Å². The highest BCUT2D eigenvalue weighted by molar-refractivity contribution is 7.52. The van der Waals surface area contributed by atoms with Gasteiger partial charge in [-0.25, -0.2) is 9.55 Å². The van der Waals surface area contributed by atoms with E-state index >= 15 is 0 Å². The van der Waals surface area contributed by atoms with Crippen LogP contribution in [-0.4, -0.2) is 57.0 Å². The summed E-state index contributed by atoms with van der Waals surface area (Å²) in [6.45, 7) is 9.21. The van der Waals surface area contributed by atoms with E-state index in [0.29, 0.717) is 35.8 Å². The first-order chi connectivity index (χ1) is 18.6. The van der Waals surface area contributed by atoms with Crippen LogP contribution < -0.4 is 20.1 Å². The van der Waals surface area contributed by atoms with Crippen molar-refractivity contribution >= 4 is 30.8 Å². The van der Waals surface area contributed by atoms with Gasteiger partial charge in [-0.05, 0) is 46.2 Å². The van der Waals surface area contributed by atoms with E-state index in [0.717, 1.165) is 0 Å². The summed E-state index contributed by atoms with van der Waals surface area (Å²) in [4.78, 5) is 25.3. The van der Waals surface area contributed by atoms with Crippen LogP contribution in [0.4, 0.5) is 5.95 Å². The van der Waals surface area contributed by atoms with Gasteiger partial charge in [0, 0.05) is 5.92 Å². The lowest BCUT2D eigenvalue weighted by molar-refractivity contribution is -0.149. The van der Waals surface area contributed by atoms with Gasteiger partial charge < -0.3 is 24.5 Å². The first kappa shape index (κ1) is 28.8. The number of anilines is 1. The third kappa shape index (κ3) is 7.04. The Kier molecular flexibility index (Phi) is 9.06. The zero-order chi connectivity index (χ0) is 28.2. The number of esters is 1. The van der Waals surface area contributed by atoms with E-state index < -0.39 is 32.1 Å². The fraction of sp³-hybridized carbons (Fsp3) is 0.520. The molecule has 0 aliphatic carbocycles. The van der Waals surface area contributed by atoms with E-state index in [1.54, 1.807) is 55.1 Å². The molecule has 4 rings (SSSR count). The van der Waals surface area contributed by atoms with Crippen molar-refractivity contribution in [2.24, 2.45) is 5.92 Å². The Morgan fingerprint density at radius 2 is 2.00 bits per heavy atom. The minimum atomic E-state index is -4.01. The number of aromatic nitrogens is 4. The average molecular weight is 563 g/mol. The van der Waals surface area contributed by atoms with E-state index in [1.165, 1.54) is 6.92 Å². The SMILES string of the molecule is CCOc1nc(N)nc2c1ncn2C1O[C@H](CO[P@](=O)(N[C@H](C)C(=O)OC(C)C)Oc2ccccc2)C[C@@H]1C. The van der Waals surface area contributed by atoms with E-state index in [4.69, 9.17) is 29.0 Å². The average Bonchev–Trinajstić information content (AvgIpc) is 3.46. The Bertz CT molecular complexity index is 1320. The van der Waals surface area contributed by atoms with Crippen molar-refractivity contribution in [1.29, 1.82) is 0 Å². The second-order valence-electron chi connectivity index (χ2n) is 9.54. The first-order valence-corrected chi connectivity index (χ1v) is 14.4. The van der Waals surface area contributed by atoms with Crippen LogP contribution in [0.2, 0.25) is 0 Å². The maximum atomic E-state index is 13.8. The molecule has 0 radical (unpaired) electrons. The number of ether oxygens (including phenoxy) is 3. The second-order valence-corrected chi connectivity index (χ2v) is 11.2. The minimum absolute atomic E-state index is 0.0325. The van der Waals surface area contributed by atoms with E-state index in [2.05, 4.69) is 20.0 Å². The molecule has 0 spiro atoms. The molecular weight excluding hydrogens is 527 g/mol. The van der Waals surface area contributed by atoms with Crippen LogP contribution >= 0.6 is 7.75 Å². The van der Waals surface area contributed by atoms with E-state index in [-0.39, 0.29) is 24.6 Å². The van der Waals surface area contributed by atoms with Gasteiger partial charge in [0.05, 0.1) is 31.7 Å². The first-order valence-electron chi connectivity index (χ1n) is 12.8. The number of hydrogen-bond donors (Lipinski definition) is 2. The van der Waals surface area contributed by atoms with Crippen molar-refractivity contribution in [3.8, 4) is 11.6 Å². The molecule has 3 N–H and O–H groups in total. The topological polar surface area (TPSA) is 162 Å². The molecule has 3 aromatic rings. The summed E-state index contributed by atoms with van der Waals surface area (Å²) < 4.78 is 44.1. The molecule has 13 nitrogen and oxygen atoms in total. The normalized spacial score (nSPS) is 21.5. The summed E-state index contributed by atoms with van der Waals surface area (Å²) >= 11 is 0. The monoisotopic (exact) mass is 562 g/mol. The van der Waals surface area contributed by atoms with Crippen molar-refractivity contribution in [3.63, 3.8) is 0 Å². The Morgan fingerprint density at radius 3 is 2.69 bits per heavy atom. The number of para-hydroxylation sites is 1. The summed E-state index contributed by atoms with van der Waals surface area (Å²) in [5, 5.41) is 2.69. The molecular formula is C25H35N6O7P. The zero-order valence-corrected chi connectivity index (χ0v) is 23.5. The molecule has 0 amide bonds. The standard InChI is InChI=1S/C25H35N6O7P/c1-6-34-22-20-21(28-25(26)29-22)31(14-27-20)23-16(4)12-19(37-23)13-35-39(33,38-18-10-8-7-9-11-18)30-17(5)24(32)36-15(2)3/h7-11,14-17,19,23H,6,12-13H2,1-5H3,(H,30,33)(H2,26,28,29)/t16-,17+,19-,23?,39+/m0/s1. The van der Waals surface area contributed by atoms with Gasteiger partial charge in [-0.15, -0.1) is 0 Å². The lowest BCUT2D eigenvalue weighted by atomic mass is 10.1. The highest BCUT2D eigenvalue weighted by Gasteiger charge is 2.38. The Hall–Kier alpha value is -3.25. The van der Waals surface area contributed by atoms with Gasteiger partial charge in [0.15, 0.2) is 11.2 Å². The molecule has 2 aromatic heterocycles. The molecule has 1 saturated heterocycles. The lowest BCUT2D eigenvalue weighted by Gasteiger charge is -2.24. The molecule has 14 heteroatoms. The Labute approximate surface area is 226 Å². The molecule has 1 unspecified atom stereocenters. The smallest absolute Gasteiger partial charge is 0.459 e. The number of nitrogens with two attached hydrogens (primary N) is 1. The van der Waals surface area contributed by atoms with Crippen molar-refractivity contribution in [1.82, 2.24) is 24.6 Å². The fourth-order valence-corrected chi connectivity index (χ4v) is 5.73. The zero-order valence-electron chi connectivity index (χ0n) is 22.6. The van der Waals surface area contributed by atoms with Crippen LogP contribution in [0.1, 0.15) is 47.3 Å². The van der Waals surface area contributed by atoms with Gasteiger partial charge in [0.2, 0.25) is 11.8 Å². The summed E-state index contributed by atoms with van der Waals surface area (Å²) in [7, 11) is -4.01. The maximum Gasteiger partial charge on any atom is 0.459 e. The van der Waals surface area contributed by atoms with Crippen LogP contribution in [0, 0.1) is 5.92 Å². The van der Waals surface area contributed by atoms with Gasteiger partial charge in [-0.1, -0.05) is 25.1 Å². The summed E-state index contributed by atoms with van der Waals surface area (Å²) in [6, 6.07) is 7.63. The molecule has 5 atom stereocenters. The summed E-state index contributed by atoms with van der Waals surface area (Å²) in [5.74, 6) is 0.150. The van der Waals surface area contributed by atoms with Gasteiger partial charge in [-0.3, -0.25) is 13.9 Å². The minimum Gasteiger partial charge on any atom is -0.476 e. The molecule has 0 saturated carbocycles. The number of imidazole rings is 1. The quantitative estimate of drug-likeness (QED) is 0.242. The lowest BCUT2D eigenvalue weighted by Crippen LogP contribution is -2.36. The Balaban J connectivity index is 1.48. The van der Waals surface area contributed by atoms with Crippen LogP contribution in [0.5, 0.6) is 11.6 Å². The third-order valence-corrected chi connectivity index (χ3v) is 7.52. The van der Waals surface area contributed by atoms with Gasteiger partial charge in [0.1, 0.15) is 18.0 Å². The number of carbonyl (C=O) groups is 1. The van der Waals surface area contributed by atoms with E-state index in [1.807, 2.05) is 13.8 Å². The molecule has 212 valence electrons. The van der Waals surface area contributed by atoms with Gasteiger partial charge >= 0.3 is 13.7 Å². The third-order valence-electron chi connectivity index (χ3n) is 5.87. The molecule has 1 aliphatic heterocycles. The summed E-state index contributed by atoms with van der Waals surface area (Å²) in [5.41, 5.74) is 6.87. The maximum absolute atomic E-state index is 13.8. The van der Waals surface area contributed by atoms with Crippen molar-refractivity contribution < 1.29 is 32.6 Å². The number of nitrogens with zero attached hydrogens (tertiary/aromatic N) is 4. The highest BCUT2D eigenvalue weighted by Crippen LogP contribution is 2.46. The number of nitrogen functional groups attached to an aromatic ring is 1. The van der Waals surface area contributed by atoms with Gasteiger partial charge in [0.25, 0.3) is 0 Å². The Morgan fingerprint density at radius 1 is 1.26 bits per heavy atom. The molecule has 39 heavy (non-hydrogen) atoms. The van der Waals surface area contributed by atoms with Crippen LogP contribution in [0.3, 0.4) is 0 Å².